The van der Waals surface area contributed by atoms with E-state index in [1.165, 1.54) is 121 Å². The normalized spacial score (nSPS) is 15.1. The predicted molar refractivity (Wildman–Crippen MR) is 241 cm³/mol. The Morgan fingerprint density at radius 2 is 0.825 bits per heavy atom. The van der Waals surface area contributed by atoms with Crippen molar-refractivity contribution in [2.75, 3.05) is 0 Å². The van der Waals surface area contributed by atoms with Gasteiger partial charge in [-0.3, -0.25) is 0 Å². The van der Waals surface area contributed by atoms with E-state index in [0.717, 1.165) is 0 Å². The van der Waals surface area contributed by atoms with Gasteiger partial charge in [-0.2, -0.15) is 0 Å². The van der Waals surface area contributed by atoms with Crippen LogP contribution in [0.5, 0.6) is 0 Å². The van der Waals surface area contributed by atoms with E-state index >= 15 is 0 Å². The average molecular weight is 719 g/mol. The van der Waals surface area contributed by atoms with E-state index < -0.39 is 5.41 Å². The van der Waals surface area contributed by atoms with Gasteiger partial charge in [-0.25, -0.2) is 0 Å². The molecule has 262 valence electrons. The van der Waals surface area contributed by atoms with Crippen LogP contribution >= 0.6 is 0 Å². The summed E-state index contributed by atoms with van der Waals surface area (Å²) >= 11 is 0. The van der Waals surface area contributed by atoms with Crippen molar-refractivity contribution >= 4 is 53.9 Å². The maximum absolute atomic E-state index is 2.57. The first-order valence-corrected chi connectivity index (χ1v) is 20.0. The van der Waals surface area contributed by atoms with Crippen LogP contribution in [0.15, 0.2) is 206 Å². The van der Waals surface area contributed by atoms with E-state index in [-0.39, 0.29) is 0 Å². The summed E-state index contributed by atoms with van der Waals surface area (Å²) in [6.07, 6.45) is 0. The molecule has 0 aliphatic heterocycles. The second-order valence-electron chi connectivity index (χ2n) is 15.9. The molecule has 2 aliphatic rings. The third-order valence-corrected chi connectivity index (χ3v) is 13.2. The van der Waals surface area contributed by atoms with Crippen molar-refractivity contribution < 1.29 is 0 Å². The highest BCUT2D eigenvalue weighted by atomic mass is 14.5. The molecule has 0 saturated carbocycles. The molecule has 57 heavy (non-hydrogen) atoms. The zero-order valence-electron chi connectivity index (χ0n) is 31.1. The van der Waals surface area contributed by atoms with Crippen molar-refractivity contribution in [3.8, 4) is 44.5 Å². The fraction of sp³-hybridized carbons (Fsp3) is 0.0175. The van der Waals surface area contributed by atoms with Crippen LogP contribution in [0.2, 0.25) is 0 Å². The summed E-state index contributed by atoms with van der Waals surface area (Å²) in [5, 5.41) is 12.9. The molecule has 0 saturated heterocycles. The van der Waals surface area contributed by atoms with Gasteiger partial charge in [0, 0.05) is 0 Å². The lowest BCUT2D eigenvalue weighted by Gasteiger charge is -2.33. The topological polar surface area (TPSA) is 0 Å². The van der Waals surface area contributed by atoms with Gasteiger partial charge in [0.1, 0.15) is 0 Å². The molecule has 2 aliphatic carbocycles. The van der Waals surface area contributed by atoms with Crippen LogP contribution in [-0.2, 0) is 5.41 Å². The van der Waals surface area contributed by atoms with E-state index in [4.69, 9.17) is 0 Å². The van der Waals surface area contributed by atoms with Crippen molar-refractivity contribution in [3.63, 3.8) is 0 Å². The molecule has 11 aromatic carbocycles. The molecular weight excluding hydrogens is 685 g/mol. The number of hydrogen-bond acceptors (Lipinski definition) is 0. The second-order valence-corrected chi connectivity index (χ2v) is 15.9. The molecule has 13 rings (SSSR count). The quantitative estimate of drug-likeness (QED) is 0.123. The highest BCUT2D eigenvalue weighted by Crippen LogP contribution is 2.66. The van der Waals surface area contributed by atoms with Crippen LogP contribution in [0.25, 0.3) is 98.4 Å². The lowest BCUT2D eigenvalue weighted by molar-refractivity contribution is 0.803. The molecule has 0 amide bonds. The van der Waals surface area contributed by atoms with Crippen molar-refractivity contribution in [1.82, 2.24) is 0 Å². The average Bonchev–Trinajstić information content (AvgIpc) is 3.75. The van der Waals surface area contributed by atoms with Crippen LogP contribution in [0, 0.1) is 0 Å². The Bertz CT molecular complexity index is 3460. The zero-order valence-corrected chi connectivity index (χ0v) is 31.1. The molecule has 0 fully saturated rings. The van der Waals surface area contributed by atoms with Gasteiger partial charge in [0.15, 0.2) is 0 Å². The minimum Gasteiger partial charge on any atom is -0.0622 e. The highest BCUT2D eigenvalue weighted by Gasteiger charge is 2.53. The maximum atomic E-state index is 2.57. The summed E-state index contributed by atoms with van der Waals surface area (Å²) in [6, 6.07) is 77.8. The van der Waals surface area contributed by atoms with Crippen LogP contribution in [0.3, 0.4) is 0 Å². The van der Waals surface area contributed by atoms with Crippen LogP contribution in [0.1, 0.15) is 22.3 Å². The summed E-state index contributed by atoms with van der Waals surface area (Å²) in [6.45, 7) is 0. The molecule has 1 atom stereocenters. The van der Waals surface area contributed by atoms with Gasteiger partial charge < -0.3 is 0 Å². The van der Waals surface area contributed by atoms with E-state index in [2.05, 4.69) is 206 Å². The Kier molecular flexibility index (Phi) is 6.19. The first-order chi connectivity index (χ1) is 28.3. The third-order valence-electron chi connectivity index (χ3n) is 13.2. The molecule has 0 N–H and O–H groups in total. The lowest BCUT2D eigenvalue weighted by Crippen LogP contribution is -2.26. The smallest absolute Gasteiger partial charge is 0.0622 e. The van der Waals surface area contributed by atoms with E-state index in [0.29, 0.717) is 0 Å². The van der Waals surface area contributed by atoms with E-state index in [1.54, 1.807) is 0 Å². The first kappa shape index (κ1) is 31.0. The summed E-state index contributed by atoms with van der Waals surface area (Å²) in [4.78, 5) is 0. The highest BCUT2D eigenvalue weighted by molar-refractivity contribution is 6.26. The summed E-state index contributed by atoms with van der Waals surface area (Å²) in [5.74, 6) is 0. The Balaban J connectivity index is 1.26. The summed E-state index contributed by atoms with van der Waals surface area (Å²) in [5.41, 5.74) is 15.2. The van der Waals surface area contributed by atoms with Gasteiger partial charge in [0.25, 0.3) is 0 Å². The molecule has 11 aromatic rings. The Morgan fingerprint density at radius 1 is 0.263 bits per heavy atom. The number of benzene rings is 11. The molecular formula is C57H34. The number of rotatable bonds is 2. The fourth-order valence-electron chi connectivity index (χ4n) is 11.0. The molecule has 0 heteroatoms. The second kappa shape index (κ2) is 11.4. The zero-order chi connectivity index (χ0) is 37.2. The monoisotopic (exact) mass is 718 g/mol. The van der Waals surface area contributed by atoms with Gasteiger partial charge in [0.2, 0.25) is 0 Å². The van der Waals surface area contributed by atoms with Gasteiger partial charge in [-0.15, -0.1) is 0 Å². The van der Waals surface area contributed by atoms with Crippen LogP contribution in [0.4, 0.5) is 0 Å². The van der Waals surface area contributed by atoms with Crippen molar-refractivity contribution in [1.29, 1.82) is 0 Å². The van der Waals surface area contributed by atoms with E-state index in [1.807, 2.05) is 0 Å². The first-order valence-electron chi connectivity index (χ1n) is 20.0. The molecule has 0 nitrogen and oxygen atoms in total. The number of fused-ring (bicyclic) bond motifs is 19. The summed E-state index contributed by atoms with van der Waals surface area (Å²) < 4.78 is 0. The van der Waals surface area contributed by atoms with Crippen molar-refractivity contribution in [3.05, 3.63) is 229 Å². The SMILES string of the molecule is c1ccc(-c2ccc3c(c2)C2(c4cc(-c5c6ccccc6cc6ccccc56)ccc4-3)c3ccccc3-c3c2c2c4ccccc4ccc2c2ccccc32)cc1. The lowest BCUT2D eigenvalue weighted by atomic mass is 9.68. The minimum atomic E-state index is -0.579. The van der Waals surface area contributed by atoms with Gasteiger partial charge in [0.05, 0.1) is 5.41 Å². The van der Waals surface area contributed by atoms with Crippen LogP contribution < -0.4 is 0 Å². The van der Waals surface area contributed by atoms with E-state index in [9.17, 15) is 0 Å². The Labute approximate surface area is 330 Å². The Morgan fingerprint density at radius 3 is 1.56 bits per heavy atom. The third kappa shape index (κ3) is 4.02. The molecule has 0 heterocycles. The molecule has 1 unspecified atom stereocenters. The molecule has 0 radical (unpaired) electrons. The Hall–Kier alpha value is -7.28. The van der Waals surface area contributed by atoms with Gasteiger partial charge in [-0.1, -0.05) is 188 Å². The van der Waals surface area contributed by atoms with Gasteiger partial charge in [-0.05, 0) is 139 Å². The molecule has 0 bridgehead atoms. The van der Waals surface area contributed by atoms with Crippen molar-refractivity contribution in [2.24, 2.45) is 0 Å². The predicted octanol–water partition coefficient (Wildman–Crippen LogP) is 15.1. The number of hydrogen-bond donors (Lipinski definition) is 0. The van der Waals surface area contributed by atoms with Crippen LogP contribution in [-0.4, -0.2) is 0 Å². The van der Waals surface area contributed by atoms with Crippen molar-refractivity contribution in [2.45, 2.75) is 5.41 Å². The minimum absolute atomic E-state index is 0.579. The van der Waals surface area contributed by atoms with Gasteiger partial charge >= 0.3 is 0 Å². The fourth-order valence-corrected chi connectivity index (χ4v) is 11.0. The molecule has 1 spiro atoms. The largest absolute Gasteiger partial charge is 0.0732 e. The standard InChI is InChI=1S/C57H34/c1-2-14-35(15-3-1)37-27-29-45-46-30-28-40(53-42-20-8-5-17-38(42)32-39-18-6-9-21-43(39)53)34-52(46)57(51(45)33-37)50-25-13-12-24-49(50)55-47-23-11-10-22-44(47)48-31-26-36-16-4-7-19-41(36)54(48)56(55)57/h1-34H. The summed E-state index contributed by atoms with van der Waals surface area (Å²) in [7, 11) is 0. The maximum Gasteiger partial charge on any atom is 0.0732 e. The molecule has 0 aromatic heterocycles.